The molecule has 0 saturated heterocycles. The predicted molar refractivity (Wildman–Crippen MR) is 52.0 cm³/mol. The van der Waals surface area contributed by atoms with Gasteiger partial charge < -0.3 is 5.32 Å². The van der Waals surface area contributed by atoms with Crippen molar-refractivity contribution in [2.45, 2.75) is 13.3 Å². The lowest BCUT2D eigenvalue weighted by atomic mass is 10.4. The van der Waals surface area contributed by atoms with Crippen LogP contribution in [0.15, 0.2) is 12.2 Å². The maximum Gasteiger partial charge on any atom is 0.148 e. The zero-order chi connectivity index (χ0) is 9.45. The zero-order valence-electron chi connectivity index (χ0n) is 7.71. The molecule has 0 aliphatic heterocycles. The Bertz CT molecular complexity index is 219. The molecule has 0 bridgehead atoms. The summed E-state index contributed by atoms with van der Waals surface area (Å²) in [5.74, 6) is 0.225. The SMILES string of the molecule is C/C=C/CCNCCS(C)(=O)=O. The van der Waals surface area contributed by atoms with E-state index < -0.39 is 9.84 Å². The lowest BCUT2D eigenvalue weighted by Gasteiger charge is -2.00. The minimum Gasteiger partial charge on any atom is -0.315 e. The summed E-state index contributed by atoms with van der Waals surface area (Å²) in [5, 5.41) is 3.05. The fraction of sp³-hybridized carbons (Fsp3) is 0.750. The first kappa shape index (κ1) is 11.6. The molecule has 0 fully saturated rings. The summed E-state index contributed by atoms with van der Waals surface area (Å²) in [5.41, 5.74) is 0. The first-order chi connectivity index (χ1) is 5.56. The summed E-state index contributed by atoms with van der Waals surface area (Å²) < 4.78 is 21.3. The Morgan fingerprint density at radius 1 is 1.33 bits per heavy atom. The summed E-state index contributed by atoms with van der Waals surface area (Å²) >= 11 is 0. The monoisotopic (exact) mass is 191 g/mol. The number of hydrogen-bond donors (Lipinski definition) is 1. The van der Waals surface area contributed by atoms with E-state index in [0.29, 0.717) is 6.54 Å². The van der Waals surface area contributed by atoms with Crippen LogP contribution in [0, 0.1) is 0 Å². The van der Waals surface area contributed by atoms with Gasteiger partial charge in [0.1, 0.15) is 9.84 Å². The van der Waals surface area contributed by atoms with Crippen molar-refractivity contribution in [1.82, 2.24) is 5.32 Å². The molecule has 12 heavy (non-hydrogen) atoms. The van der Waals surface area contributed by atoms with Gasteiger partial charge in [-0.25, -0.2) is 8.42 Å². The predicted octanol–water partition coefficient (Wildman–Crippen LogP) is 0.587. The summed E-state index contributed by atoms with van der Waals surface area (Å²) in [6.07, 6.45) is 6.24. The molecule has 0 radical (unpaired) electrons. The van der Waals surface area contributed by atoms with Gasteiger partial charge in [0.25, 0.3) is 0 Å². The van der Waals surface area contributed by atoms with Gasteiger partial charge in [0.15, 0.2) is 0 Å². The van der Waals surface area contributed by atoms with Gasteiger partial charge in [-0.3, -0.25) is 0 Å². The van der Waals surface area contributed by atoms with Crippen LogP contribution < -0.4 is 5.32 Å². The molecule has 0 aromatic rings. The van der Waals surface area contributed by atoms with Crippen LogP contribution in [0.2, 0.25) is 0 Å². The van der Waals surface area contributed by atoms with Crippen LogP contribution in [-0.2, 0) is 9.84 Å². The second kappa shape index (κ2) is 6.20. The van der Waals surface area contributed by atoms with Crippen molar-refractivity contribution < 1.29 is 8.42 Å². The van der Waals surface area contributed by atoms with Gasteiger partial charge in [0.05, 0.1) is 5.75 Å². The molecule has 0 heterocycles. The molecule has 1 N–H and O–H groups in total. The molecular weight excluding hydrogens is 174 g/mol. The van der Waals surface area contributed by atoms with Crippen molar-refractivity contribution in [2.75, 3.05) is 25.1 Å². The van der Waals surface area contributed by atoms with Crippen LogP contribution in [0.5, 0.6) is 0 Å². The fourth-order valence-electron chi connectivity index (χ4n) is 0.735. The molecule has 4 heteroatoms. The van der Waals surface area contributed by atoms with Crippen LogP contribution in [0.3, 0.4) is 0 Å². The third-order valence-electron chi connectivity index (χ3n) is 1.37. The van der Waals surface area contributed by atoms with E-state index in [0.717, 1.165) is 13.0 Å². The average molecular weight is 191 g/mol. The van der Waals surface area contributed by atoms with Crippen LogP contribution >= 0.6 is 0 Å². The third kappa shape index (κ3) is 9.65. The summed E-state index contributed by atoms with van der Waals surface area (Å²) in [6.45, 7) is 3.37. The number of nitrogens with one attached hydrogen (secondary N) is 1. The Morgan fingerprint density at radius 3 is 2.50 bits per heavy atom. The van der Waals surface area contributed by atoms with Crippen LogP contribution in [0.1, 0.15) is 13.3 Å². The Balaban J connectivity index is 3.23. The van der Waals surface area contributed by atoms with Crippen molar-refractivity contribution in [1.29, 1.82) is 0 Å². The molecule has 0 unspecified atom stereocenters. The highest BCUT2D eigenvalue weighted by atomic mass is 32.2. The highest BCUT2D eigenvalue weighted by Crippen LogP contribution is 1.82. The van der Waals surface area contributed by atoms with Crippen molar-refractivity contribution in [3.63, 3.8) is 0 Å². The molecule has 0 aromatic heterocycles. The van der Waals surface area contributed by atoms with Crippen molar-refractivity contribution >= 4 is 9.84 Å². The fourth-order valence-corrected chi connectivity index (χ4v) is 1.25. The normalized spacial score (nSPS) is 12.5. The molecule has 0 aromatic carbocycles. The summed E-state index contributed by atoms with van der Waals surface area (Å²) in [4.78, 5) is 0. The van der Waals surface area contributed by atoms with Gasteiger partial charge in [-0.05, 0) is 19.9 Å². The van der Waals surface area contributed by atoms with E-state index in [1.54, 1.807) is 0 Å². The molecule has 72 valence electrons. The minimum absolute atomic E-state index is 0.225. The lowest BCUT2D eigenvalue weighted by Crippen LogP contribution is -2.22. The number of sulfone groups is 1. The van der Waals surface area contributed by atoms with Gasteiger partial charge in [-0.15, -0.1) is 0 Å². The van der Waals surface area contributed by atoms with E-state index in [9.17, 15) is 8.42 Å². The van der Waals surface area contributed by atoms with E-state index >= 15 is 0 Å². The van der Waals surface area contributed by atoms with Crippen LogP contribution in [-0.4, -0.2) is 33.5 Å². The molecule has 0 aliphatic carbocycles. The average Bonchev–Trinajstić information content (AvgIpc) is 1.94. The lowest BCUT2D eigenvalue weighted by molar-refractivity contribution is 0.597. The van der Waals surface area contributed by atoms with Gasteiger partial charge in [0, 0.05) is 12.8 Å². The molecule has 0 aliphatic rings. The van der Waals surface area contributed by atoms with E-state index in [1.807, 2.05) is 19.1 Å². The van der Waals surface area contributed by atoms with Gasteiger partial charge in [-0.2, -0.15) is 0 Å². The van der Waals surface area contributed by atoms with Crippen molar-refractivity contribution in [3.05, 3.63) is 12.2 Å². The van der Waals surface area contributed by atoms with Gasteiger partial charge >= 0.3 is 0 Å². The van der Waals surface area contributed by atoms with Gasteiger partial charge in [0.2, 0.25) is 0 Å². The maximum absolute atomic E-state index is 10.7. The Kier molecular flexibility index (Phi) is 6.02. The number of allylic oxidation sites excluding steroid dienone is 1. The topological polar surface area (TPSA) is 46.2 Å². The van der Waals surface area contributed by atoms with E-state index in [1.165, 1.54) is 6.26 Å². The highest BCUT2D eigenvalue weighted by Gasteiger charge is 1.99. The molecule has 0 amide bonds. The van der Waals surface area contributed by atoms with Crippen LogP contribution in [0.25, 0.3) is 0 Å². The molecule has 0 spiro atoms. The van der Waals surface area contributed by atoms with E-state index in [-0.39, 0.29) is 5.75 Å². The smallest absolute Gasteiger partial charge is 0.148 e. The summed E-state index contributed by atoms with van der Waals surface area (Å²) in [6, 6.07) is 0. The van der Waals surface area contributed by atoms with Crippen molar-refractivity contribution in [3.8, 4) is 0 Å². The molecular formula is C8H17NO2S. The van der Waals surface area contributed by atoms with Gasteiger partial charge in [-0.1, -0.05) is 12.2 Å². The van der Waals surface area contributed by atoms with Crippen molar-refractivity contribution in [2.24, 2.45) is 0 Å². The summed E-state index contributed by atoms with van der Waals surface area (Å²) in [7, 11) is -2.80. The third-order valence-corrected chi connectivity index (χ3v) is 2.32. The second-order valence-corrected chi connectivity index (χ2v) is 5.00. The molecule has 0 saturated carbocycles. The number of rotatable bonds is 6. The first-order valence-corrected chi connectivity index (χ1v) is 6.12. The minimum atomic E-state index is -2.80. The zero-order valence-corrected chi connectivity index (χ0v) is 8.52. The molecule has 3 nitrogen and oxygen atoms in total. The second-order valence-electron chi connectivity index (χ2n) is 2.74. The Morgan fingerprint density at radius 2 is 2.00 bits per heavy atom. The van der Waals surface area contributed by atoms with Crippen LogP contribution in [0.4, 0.5) is 0 Å². The quantitative estimate of drug-likeness (QED) is 0.493. The first-order valence-electron chi connectivity index (χ1n) is 4.06. The maximum atomic E-state index is 10.7. The standard InChI is InChI=1S/C8H17NO2S/c1-3-4-5-6-9-7-8-12(2,10)11/h3-4,9H,5-8H2,1-2H3/b4-3+. The number of hydrogen-bond acceptors (Lipinski definition) is 3. The Hall–Kier alpha value is -0.350. The largest absolute Gasteiger partial charge is 0.315 e. The van der Waals surface area contributed by atoms with E-state index in [4.69, 9.17) is 0 Å². The Labute approximate surface area is 74.8 Å². The molecule has 0 atom stereocenters. The highest BCUT2D eigenvalue weighted by molar-refractivity contribution is 7.90. The molecule has 0 rings (SSSR count). The van der Waals surface area contributed by atoms with E-state index in [2.05, 4.69) is 5.32 Å².